The third-order valence-electron chi connectivity index (χ3n) is 4.28. The smallest absolute Gasteiger partial charge is 0.271 e. The fourth-order valence-corrected chi connectivity index (χ4v) is 3.54. The van der Waals surface area contributed by atoms with E-state index in [9.17, 15) is 10.1 Å². The molecule has 0 spiro atoms. The zero-order chi connectivity index (χ0) is 18.7. The number of hydrogen-bond donors (Lipinski definition) is 1. The second-order valence-corrected chi connectivity index (χ2v) is 6.66. The number of nitrogens with one attached hydrogen (secondary N) is 1. The van der Waals surface area contributed by atoms with Gasteiger partial charge in [0.05, 0.1) is 26.7 Å². The molecular formula is C18H8Cl2N4O3. The average Bonchev–Trinajstić information content (AvgIpc) is 2.69. The molecule has 1 aromatic heterocycles. The van der Waals surface area contributed by atoms with Gasteiger partial charge in [0.15, 0.2) is 11.5 Å². The number of nitro benzene ring substituents is 1. The van der Waals surface area contributed by atoms with Crippen LogP contribution in [0.1, 0.15) is 0 Å². The number of ether oxygens (including phenoxy) is 1. The van der Waals surface area contributed by atoms with Crippen LogP contribution in [-0.4, -0.2) is 14.9 Å². The predicted octanol–water partition coefficient (Wildman–Crippen LogP) is 5.85. The van der Waals surface area contributed by atoms with Gasteiger partial charge in [-0.1, -0.05) is 35.3 Å². The van der Waals surface area contributed by atoms with E-state index in [1.54, 1.807) is 0 Å². The van der Waals surface area contributed by atoms with Gasteiger partial charge in [0.1, 0.15) is 21.7 Å². The number of anilines is 2. The van der Waals surface area contributed by atoms with E-state index in [2.05, 4.69) is 15.3 Å². The van der Waals surface area contributed by atoms with Gasteiger partial charge in [-0.25, -0.2) is 9.97 Å². The fraction of sp³-hybridized carbons (Fsp3) is 0. The molecule has 4 aromatic rings. The van der Waals surface area contributed by atoms with Crippen LogP contribution in [0.4, 0.5) is 17.1 Å². The molecule has 27 heavy (non-hydrogen) atoms. The number of para-hydroxylation sites is 2. The highest BCUT2D eigenvalue weighted by molar-refractivity contribution is 6.43. The Labute approximate surface area is 161 Å². The number of nitrogens with zero attached hydrogens (tertiary/aromatic N) is 3. The number of hydrogen-bond acceptors (Lipinski definition) is 6. The van der Waals surface area contributed by atoms with Gasteiger partial charge >= 0.3 is 0 Å². The molecule has 0 radical (unpaired) electrons. The first-order valence-corrected chi connectivity index (χ1v) is 8.59. The van der Waals surface area contributed by atoms with Crippen LogP contribution in [0.25, 0.3) is 22.1 Å². The van der Waals surface area contributed by atoms with E-state index < -0.39 is 4.92 Å². The summed E-state index contributed by atoms with van der Waals surface area (Å²) < 4.78 is 5.87. The minimum Gasteiger partial charge on any atom is -0.451 e. The van der Waals surface area contributed by atoms with Crippen LogP contribution in [0.3, 0.4) is 0 Å². The first kappa shape index (κ1) is 16.0. The molecule has 0 unspecified atom stereocenters. The van der Waals surface area contributed by atoms with Crippen molar-refractivity contribution >= 4 is 62.3 Å². The largest absolute Gasteiger partial charge is 0.451 e. The van der Waals surface area contributed by atoms with Crippen molar-refractivity contribution in [2.45, 2.75) is 0 Å². The van der Waals surface area contributed by atoms with Gasteiger partial charge in [-0.2, -0.15) is 0 Å². The Morgan fingerprint density at radius 1 is 1.00 bits per heavy atom. The van der Waals surface area contributed by atoms with Crippen molar-refractivity contribution in [3.05, 3.63) is 62.6 Å². The molecule has 0 saturated heterocycles. The molecule has 9 heteroatoms. The highest BCUT2D eigenvalue weighted by atomic mass is 35.5. The monoisotopic (exact) mass is 398 g/mol. The summed E-state index contributed by atoms with van der Waals surface area (Å²) in [4.78, 5) is 19.7. The molecular weight excluding hydrogens is 391 g/mol. The minimum absolute atomic E-state index is 0.0675. The Hall–Kier alpha value is -3.16. The quantitative estimate of drug-likeness (QED) is 0.216. The summed E-state index contributed by atoms with van der Waals surface area (Å²) in [5.74, 6) is 0.708. The normalized spacial score (nSPS) is 12.2. The second kappa shape index (κ2) is 5.67. The van der Waals surface area contributed by atoms with Gasteiger partial charge in [0.25, 0.3) is 5.69 Å². The number of aromatic nitrogens is 2. The van der Waals surface area contributed by atoms with Crippen LogP contribution in [0.5, 0.6) is 11.5 Å². The Morgan fingerprint density at radius 2 is 1.67 bits per heavy atom. The Balaban J connectivity index is 1.77. The Morgan fingerprint density at radius 3 is 2.33 bits per heavy atom. The molecule has 3 aromatic carbocycles. The lowest BCUT2D eigenvalue weighted by atomic mass is 10.1. The van der Waals surface area contributed by atoms with Gasteiger partial charge in [0, 0.05) is 12.1 Å². The van der Waals surface area contributed by atoms with Gasteiger partial charge in [0.2, 0.25) is 0 Å². The standard InChI is InChI=1S/C18H8Cl2N4O3/c19-13-15-16(22-10-4-2-1-3-9(10)21-15)14(20)18-17(13)23-11-7-8(24(25)26)5-6-12(11)27-18/h1-7,23H. The predicted molar refractivity (Wildman–Crippen MR) is 104 cm³/mol. The molecule has 0 atom stereocenters. The maximum atomic E-state index is 11.0. The van der Waals surface area contributed by atoms with Crippen molar-refractivity contribution in [3.63, 3.8) is 0 Å². The van der Waals surface area contributed by atoms with E-state index >= 15 is 0 Å². The third kappa shape index (κ3) is 2.36. The number of fused-ring (bicyclic) bond motifs is 4. The van der Waals surface area contributed by atoms with Crippen molar-refractivity contribution in [3.8, 4) is 11.5 Å². The van der Waals surface area contributed by atoms with Gasteiger partial charge < -0.3 is 10.1 Å². The van der Waals surface area contributed by atoms with Gasteiger partial charge in [-0.3, -0.25) is 10.1 Å². The van der Waals surface area contributed by atoms with E-state index in [-0.39, 0.29) is 15.7 Å². The van der Waals surface area contributed by atoms with E-state index in [1.165, 1.54) is 18.2 Å². The molecule has 132 valence electrons. The summed E-state index contributed by atoms with van der Waals surface area (Å²) >= 11 is 13.1. The van der Waals surface area contributed by atoms with Gasteiger partial charge in [-0.15, -0.1) is 0 Å². The highest BCUT2D eigenvalue weighted by Crippen LogP contribution is 2.52. The van der Waals surface area contributed by atoms with Crippen LogP contribution in [0, 0.1) is 10.1 Å². The molecule has 7 nitrogen and oxygen atoms in total. The topological polar surface area (TPSA) is 90.2 Å². The second-order valence-electron chi connectivity index (χ2n) is 5.91. The van der Waals surface area contributed by atoms with Crippen LogP contribution in [-0.2, 0) is 0 Å². The number of nitro groups is 1. The molecule has 2 heterocycles. The lowest BCUT2D eigenvalue weighted by Crippen LogP contribution is -2.06. The summed E-state index contributed by atoms with van der Waals surface area (Å²) in [6, 6.07) is 11.6. The lowest BCUT2D eigenvalue weighted by molar-refractivity contribution is -0.384. The minimum atomic E-state index is -0.482. The van der Waals surface area contributed by atoms with Crippen LogP contribution < -0.4 is 10.1 Å². The van der Waals surface area contributed by atoms with Crippen LogP contribution >= 0.6 is 23.2 Å². The molecule has 0 amide bonds. The summed E-state index contributed by atoms with van der Waals surface area (Å²) in [5.41, 5.74) is 2.95. The van der Waals surface area contributed by atoms with E-state index in [0.29, 0.717) is 44.9 Å². The maximum Gasteiger partial charge on any atom is 0.271 e. The van der Waals surface area contributed by atoms with Crippen molar-refractivity contribution in [2.24, 2.45) is 0 Å². The SMILES string of the molecule is O=[N+]([O-])c1ccc2c(c1)Nc1c(c(Cl)c3nc4ccccc4nc3c1Cl)O2. The number of rotatable bonds is 1. The molecule has 0 bridgehead atoms. The number of halogens is 2. The molecule has 5 rings (SSSR count). The van der Waals surface area contributed by atoms with E-state index in [4.69, 9.17) is 27.9 Å². The Kier molecular flexibility index (Phi) is 3.37. The highest BCUT2D eigenvalue weighted by Gasteiger charge is 2.27. The van der Waals surface area contributed by atoms with E-state index in [0.717, 1.165) is 0 Å². The van der Waals surface area contributed by atoms with Gasteiger partial charge in [-0.05, 0) is 18.2 Å². The van der Waals surface area contributed by atoms with Crippen LogP contribution in [0.2, 0.25) is 10.0 Å². The molecule has 0 aliphatic carbocycles. The third-order valence-corrected chi connectivity index (χ3v) is 5.00. The average molecular weight is 399 g/mol. The molecule has 1 N–H and O–H groups in total. The summed E-state index contributed by atoms with van der Waals surface area (Å²) in [7, 11) is 0. The van der Waals surface area contributed by atoms with Crippen molar-refractivity contribution in [1.82, 2.24) is 9.97 Å². The fourth-order valence-electron chi connectivity index (χ4n) is 3.01. The molecule has 1 aliphatic rings. The van der Waals surface area contributed by atoms with E-state index in [1.807, 2.05) is 24.3 Å². The summed E-state index contributed by atoms with van der Waals surface area (Å²) in [6.07, 6.45) is 0. The van der Waals surface area contributed by atoms with Crippen molar-refractivity contribution in [2.75, 3.05) is 5.32 Å². The molecule has 0 saturated carbocycles. The zero-order valence-electron chi connectivity index (χ0n) is 13.4. The number of benzene rings is 3. The Bertz CT molecular complexity index is 1290. The first-order chi connectivity index (χ1) is 13.0. The summed E-state index contributed by atoms with van der Waals surface area (Å²) in [6.45, 7) is 0. The first-order valence-electron chi connectivity index (χ1n) is 7.83. The number of non-ortho nitro benzene ring substituents is 1. The maximum absolute atomic E-state index is 11.0. The van der Waals surface area contributed by atoms with Crippen LogP contribution in [0.15, 0.2) is 42.5 Å². The summed E-state index contributed by atoms with van der Waals surface area (Å²) in [5, 5.41) is 14.6. The molecule has 0 fully saturated rings. The van der Waals surface area contributed by atoms with Crippen molar-refractivity contribution in [1.29, 1.82) is 0 Å². The molecule has 1 aliphatic heterocycles. The lowest BCUT2D eigenvalue weighted by Gasteiger charge is -2.24. The zero-order valence-corrected chi connectivity index (χ0v) is 14.9. The van der Waals surface area contributed by atoms with Crippen molar-refractivity contribution < 1.29 is 9.66 Å².